The molecule has 3 nitrogen and oxygen atoms in total. The molecule has 1 heterocycles. The first-order valence-electron chi connectivity index (χ1n) is 4.50. The van der Waals surface area contributed by atoms with Crippen LogP contribution in [0.3, 0.4) is 0 Å². The average molecular weight is 251 g/mol. The summed E-state index contributed by atoms with van der Waals surface area (Å²) in [6, 6.07) is 6.99. The Morgan fingerprint density at radius 3 is 3.00 bits per heavy atom. The second kappa shape index (κ2) is 4.97. The zero-order chi connectivity index (χ0) is 11.4. The first-order chi connectivity index (χ1) is 7.79. The van der Waals surface area contributed by atoms with Gasteiger partial charge in [-0.2, -0.15) is 5.26 Å². The normalized spacial score (nSPS) is 9.75. The molecule has 0 radical (unpaired) electrons. The highest BCUT2D eigenvalue weighted by molar-refractivity contribution is 7.09. The fraction of sp³-hybridized carbons (Fsp3) is 0.0909. The van der Waals surface area contributed by atoms with Crippen molar-refractivity contribution in [2.24, 2.45) is 0 Å². The summed E-state index contributed by atoms with van der Waals surface area (Å²) >= 11 is 7.41. The summed E-state index contributed by atoms with van der Waals surface area (Å²) in [7, 11) is 0. The van der Waals surface area contributed by atoms with Gasteiger partial charge in [0.05, 0.1) is 10.6 Å². The molecule has 0 fully saturated rings. The van der Waals surface area contributed by atoms with E-state index in [0.29, 0.717) is 22.9 Å². The molecule has 1 aromatic carbocycles. The van der Waals surface area contributed by atoms with Crippen LogP contribution in [0, 0.1) is 11.3 Å². The molecule has 1 aromatic heterocycles. The second-order valence-corrected chi connectivity index (χ2v) is 4.35. The maximum absolute atomic E-state index is 8.71. The van der Waals surface area contributed by atoms with Crippen LogP contribution in [0.5, 0.6) is 5.75 Å². The Bertz CT molecular complexity index is 519. The third-order valence-corrected chi connectivity index (χ3v) is 2.97. The van der Waals surface area contributed by atoms with Gasteiger partial charge in [-0.25, -0.2) is 4.98 Å². The van der Waals surface area contributed by atoms with Crippen molar-refractivity contribution in [3.8, 4) is 11.8 Å². The third-order valence-electron chi connectivity index (χ3n) is 1.91. The number of hydrogen-bond donors (Lipinski definition) is 0. The standard InChI is InChI=1S/C11H7ClN2OS/c12-10-5-9(2-1-8(10)6-13)15-7-11-14-3-4-16-11/h1-5H,7H2. The van der Waals surface area contributed by atoms with Gasteiger partial charge >= 0.3 is 0 Å². The smallest absolute Gasteiger partial charge is 0.140 e. The molecule has 0 aliphatic heterocycles. The first-order valence-corrected chi connectivity index (χ1v) is 5.76. The maximum Gasteiger partial charge on any atom is 0.140 e. The molecule has 2 aromatic rings. The van der Waals surface area contributed by atoms with E-state index in [1.807, 2.05) is 11.4 Å². The summed E-state index contributed by atoms with van der Waals surface area (Å²) in [5.41, 5.74) is 0.447. The van der Waals surface area contributed by atoms with E-state index in [0.717, 1.165) is 5.01 Å². The molecule has 0 atom stereocenters. The highest BCUT2D eigenvalue weighted by atomic mass is 35.5. The molecular formula is C11H7ClN2OS. The van der Waals surface area contributed by atoms with Gasteiger partial charge in [-0.3, -0.25) is 0 Å². The van der Waals surface area contributed by atoms with E-state index in [1.54, 1.807) is 24.4 Å². The summed E-state index contributed by atoms with van der Waals surface area (Å²) in [5.74, 6) is 0.638. The van der Waals surface area contributed by atoms with Gasteiger partial charge in [0.15, 0.2) is 0 Å². The number of thiazole rings is 1. The quantitative estimate of drug-likeness (QED) is 0.840. The van der Waals surface area contributed by atoms with Crippen LogP contribution in [-0.4, -0.2) is 4.98 Å². The molecule has 0 saturated heterocycles. The van der Waals surface area contributed by atoms with E-state index < -0.39 is 0 Å². The minimum atomic E-state index is 0.402. The monoisotopic (exact) mass is 250 g/mol. The summed E-state index contributed by atoms with van der Waals surface area (Å²) < 4.78 is 5.48. The van der Waals surface area contributed by atoms with E-state index >= 15 is 0 Å². The van der Waals surface area contributed by atoms with Crippen LogP contribution in [0.2, 0.25) is 5.02 Å². The van der Waals surface area contributed by atoms with E-state index in [2.05, 4.69) is 4.98 Å². The summed E-state index contributed by atoms with van der Waals surface area (Å²) in [6.07, 6.45) is 1.73. The fourth-order valence-electron chi connectivity index (χ4n) is 1.15. The molecule has 0 amide bonds. The van der Waals surface area contributed by atoms with Crippen molar-refractivity contribution < 1.29 is 4.74 Å². The Kier molecular flexibility index (Phi) is 3.40. The number of benzene rings is 1. The number of aromatic nitrogens is 1. The molecular weight excluding hydrogens is 244 g/mol. The van der Waals surface area contributed by atoms with Crippen molar-refractivity contribution in [2.45, 2.75) is 6.61 Å². The highest BCUT2D eigenvalue weighted by Gasteiger charge is 2.02. The van der Waals surface area contributed by atoms with Crippen molar-refractivity contribution in [2.75, 3.05) is 0 Å². The van der Waals surface area contributed by atoms with Gasteiger partial charge in [-0.1, -0.05) is 11.6 Å². The molecule has 0 bridgehead atoms. The molecule has 5 heteroatoms. The first kappa shape index (κ1) is 10.9. The number of halogens is 1. The van der Waals surface area contributed by atoms with E-state index in [1.165, 1.54) is 11.3 Å². The van der Waals surface area contributed by atoms with Crippen molar-refractivity contribution in [3.63, 3.8) is 0 Å². The Balaban J connectivity index is 2.06. The molecule has 0 spiro atoms. The van der Waals surface area contributed by atoms with Crippen LogP contribution in [0.25, 0.3) is 0 Å². The van der Waals surface area contributed by atoms with Gasteiger partial charge in [0, 0.05) is 17.6 Å². The molecule has 0 unspecified atom stereocenters. The average Bonchev–Trinajstić information content (AvgIpc) is 2.79. The topological polar surface area (TPSA) is 45.9 Å². The number of rotatable bonds is 3. The fourth-order valence-corrected chi connectivity index (χ4v) is 1.89. The van der Waals surface area contributed by atoms with Gasteiger partial charge in [-0.05, 0) is 12.1 Å². The van der Waals surface area contributed by atoms with Crippen LogP contribution >= 0.6 is 22.9 Å². The van der Waals surface area contributed by atoms with Crippen LogP contribution in [0.4, 0.5) is 0 Å². The molecule has 0 aliphatic rings. The van der Waals surface area contributed by atoms with Crippen molar-refractivity contribution in [1.82, 2.24) is 4.98 Å². The van der Waals surface area contributed by atoms with Gasteiger partial charge in [0.2, 0.25) is 0 Å². The largest absolute Gasteiger partial charge is 0.486 e. The van der Waals surface area contributed by atoms with E-state index in [9.17, 15) is 0 Å². The number of ether oxygens (including phenoxy) is 1. The lowest BCUT2D eigenvalue weighted by atomic mass is 10.2. The number of hydrogen-bond acceptors (Lipinski definition) is 4. The minimum absolute atomic E-state index is 0.402. The van der Waals surface area contributed by atoms with E-state index in [-0.39, 0.29) is 0 Å². The van der Waals surface area contributed by atoms with Crippen LogP contribution < -0.4 is 4.74 Å². The Morgan fingerprint density at radius 2 is 2.38 bits per heavy atom. The van der Waals surface area contributed by atoms with Crippen molar-refractivity contribution >= 4 is 22.9 Å². The van der Waals surface area contributed by atoms with Gasteiger partial charge in [0.25, 0.3) is 0 Å². The molecule has 0 N–H and O–H groups in total. The SMILES string of the molecule is N#Cc1ccc(OCc2nccs2)cc1Cl. The highest BCUT2D eigenvalue weighted by Crippen LogP contribution is 2.22. The van der Waals surface area contributed by atoms with Crippen molar-refractivity contribution in [1.29, 1.82) is 5.26 Å². The Labute approximate surface area is 102 Å². The summed E-state index contributed by atoms with van der Waals surface area (Å²) in [4.78, 5) is 4.10. The lowest BCUT2D eigenvalue weighted by Crippen LogP contribution is -1.94. The zero-order valence-electron chi connectivity index (χ0n) is 8.18. The molecule has 2 rings (SSSR count). The Hall–Kier alpha value is -1.57. The second-order valence-electron chi connectivity index (χ2n) is 2.97. The Morgan fingerprint density at radius 1 is 1.50 bits per heavy atom. The lowest BCUT2D eigenvalue weighted by molar-refractivity contribution is 0.305. The molecule has 0 saturated carbocycles. The number of nitrogens with zero attached hydrogens (tertiary/aromatic N) is 2. The van der Waals surface area contributed by atoms with Gasteiger partial charge in [-0.15, -0.1) is 11.3 Å². The summed E-state index contributed by atoms with van der Waals surface area (Å²) in [6.45, 7) is 0.417. The minimum Gasteiger partial charge on any atom is -0.486 e. The van der Waals surface area contributed by atoms with E-state index in [4.69, 9.17) is 21.6 Å². The van der Waals surface area contributed by atoms with Crippen LogP contribution in [-0.2, 0) is 6.61 Å². The molecule has 0 aliphatic carbocycles. The lowest BCUT2D eigenvalue weighted by Gasteiger charge is -2.04. The molecule has 16 heavy (non-hydrogen) atoms. The zero-order valence-corrected chi connectivity index (χ0v) is 9.76. The molecule has 80 valence electrons. The van der Waals surface area contributed by atoms with Crippen molar-refractivity contribution in [3.05, 3.63) is 45.4 Å². The third kappa shape index (κ3) is 2.51. The predicted octanol–water partition coefficient (Wildman–Crippen LogP) is 3.25. The number of nitriles is 1. The van der Waals surface area contributed by atoms with Crippen LogP contribution in [0.15, 0.2) is 29.8 Å². The van der Waals surface area contributed by atoms with Gasteiger partial charge < -0.3 is 4.74 Å². The maximum atomic E-state index is 8.71. The summed E-state index contributed by atoms with van der Waals surface area (Å²) in [5, 5.41) is 11.9. The van der Waals surface area contributed by atoms with Crippen LogP contribution in [0.1, 0.15) is 10.6 Å². The predicted molar refractivity (Wildman–Crippen MR) is 62.6 cm³/mol. The van der Waals surface area contributed by atoms with Gasteiger partial charge in [0.1, 0.15) is 23.4 Å².